The van der Waals surface area contributed by atoms with Crippen molar-refractivity contribution in [2.45, 2.75) is 13.1 Å². The van der Waals surface area contributed by atoms with Gasteiger partial charge < -0.3 is 20.3 Å². The van der Waals surface area contributed by atoms with E-state index in [0.29, 0.717) is 30.0 Å². The SMILES string of the molecule is CCNC(=O)Nc1cc(-c2nc(C(F)(F)F)c(C(=O)NCCN3CCN(C)CC3)s2)c(-c2cncc(C(=O)OC)c2)cn1. The molecule has 43 heavy (non-hydrogen) atoms. The van der Waals surface area contributed by atoms with Crippen LogP contribution in [0.4, 0.5) is 23.8 Å². The maximum absolute atomic E-state index is 14.1. The Morgan fingerprint density at radius 3 is 2.47 bits per heavy atom. The third kappa shape index (κ3) is 8.03. The quantitative estimate of drug-likeness (QED) is 0.308. The average molecular weight is 621 g/mol. The second-order valence-corrected chi connectivity index (χ2v) is 10.6. The first-order valence-corrected chi connectivity index (χ1v) is 14.2. The highest BCUT2D eigenvalue weighted by atomic mass is 32.1. The van der Waals surface area contributed by atoms with E-state index < -0.39 is 34.7 Å². The lowest BCUT2D eigenvalue weighted by Gasteiger charge is -2.32. The number of piperazine rings is 1. The summed E-state index contributed by atoms with van der Waals surface area (Å²) in [4.78, 5) is 53.1. The van der Waals surface area contributed by atoms with Crippen LogP contribution in [-0.2, 0) is 10.9 Å². The zero-order valence-corrected chi connectivity index (χ0v) is 24.6. The number of hydrogen-bond donors (Lipinski definition) is 3. The van der Waals surface area contributed by atoms with Crippen LogP contribution in [0.15, 0.2) is 30.7 Å². The highest BCUT2D eigenvalue weighted by Crippen LogP contribution is 2.41. The predicted molar refractivity (Wildman–Crippen MR) is 154 cm³/mol. The van der Waals surface area contributed by atoms with Gasteiger partial charge >= 0.3 is 18.2 Å². The van der Waals surface area contributed by atoms with Crippen LogP contribution in [0.3, 0.4) is 0 Å². The van der Waals surface area contributed by atoms with Crippen molar-refractivity contribution in [3.8, 4) is 21.7 Å². The van der Waals surface area contributed by atoms with Gasteiger partial charge in [-0.05, 0) is 26.1 Å². The van der Waals surface area contributed by atoms with Gasteiger partial charge in [-0.1, -0.05) is 0 Å². The molecule has 230 valence electrons. The van der Waals surface area contributed by atoms with Crippen molar-refractivity contribution in [1.82, 2.24) is 35.4 Å². The zero-order chi connectivity index (χ0) is 31.1. The number of nitrogens with one attached hydrogen (secondary N) is 3. The fourth-order valence-corrected chi connectivity index (χ4v) is 5.36. The first-order valence-electron chi connectivity index (χ1n) is 13.4. The smallest absolute Gasteiger partial charge is 0.435 e. The molecule has 3 aromatic rings. The number of carbonyl (C=O) groups is 3. The molecular weight excluding hydrogens is 589 g/mol. The van der Waals surface area contributed by atoms with Gasteiger partial charge in [0.15, 0.2) is 5.69 Å². The second-order valence-electron chi connectivity index (χ2n) is 9.65. The van der Waals surface area contributed by atoms with E-state index >= 15 is 0 Å². The highest BCUT2D eigenvalue weighted by Gasteiger charge is 2.40. The zero-order valence-electron chi connectivity index (χ0n) is 23.7. The number of alkyl halides is 3. The van der Waals surface area contributed by atoms with Gasteiger partial charge in [0.1, 0.15) is 15.7 Å². The van der Waals surface area contributed by atoms with Gasteiger partial charge in [0.2, 0.25) is 0 Å². The number of ether oxygens (including phenoxy) is 1. The van der Waals surface area contributed by atoms with E-state index in [4.69, 9.17) is 4.74 Å². The molecule has 0 aliphatic carbocycles. The molecule has 1 fully saturated rings. The van der Waals surface area contributed by atoms with E-state index in [1.165, 1.54) is 37.8 Å². The van der Waals surface area contributed by atoms with Crippen LogP contribution in [0.25, 0.3) is 21.7 Å². The maximum atomic E-state index is 14.1. The van der Waals surface area contributed by atoms with Crippen molar-refractivity contribution < 1.29 is 32.3 Å². The number of hydrogen-bond acceptors (Lipinski definition) is 10. The van der Waals surface area contributed by atoms with Crippen LogP contribution in [0.2, 0.25) is 0 Å². The molecule has 1 aliphatic heterocycles. The summed E-state index contributed by atoms with van der Waals surface area (Å²) in [6, 6.07) is 2.22. The molecule has 0 bridgehead atoms. The number of aromatic nitrogens is 3. The highest BCUT2D eigenvalue weighted by molar-refractivity contribution is 7.17. The minimum absolute atomic E-state index is 0.0312. The van der Waals surface area contributed by atoms with Crippen molar-refractivity contribution in [1.29, 1.82) is 0 Å². The molecule has 0 radical (unpaired) electrons. The Morgan fingerprint density at radius 1 is 1.05 bits per heavy atom. The first-order chi connectivity index (χ1) is 20.5. The summed E-state index contributed by atoms with van der Waals surface area (Å²) in [5.74, 6) is -1.53. The van der Waals surface area contributed by atoms with Crippen LogP contribution in [0.1, 0.15) is 32.6 Å². The molecule has 12 nitrogen and oxygen atoms in total. The molecule has 1 saturated heterocycles. The molecule has 4 heterocycles. The summed E-state index contributed by atoms with van der Waals surface area (Å²) in [6.45, 7) is 6.05. The van der Waals surface area contributed by atoms with E-state index in [9.17, 15) is 27.6 Å². The summed E-state index contributed by atoms with van der Waals surface area (Å²) < 4.78 is 47.2. The molecule has 0 saturated carbocycles. The van der Waals surface area contributed by atoms with Crippen LogP contribution in [0.5, 0.6) is 0 Å². The topological polar surface area (TPSA) is 142 Å². The van der Waals surface area contributed by atoms with Gasteiger partial charge in [0.25, 0.3) is 5.91 Å². The number of pyridine rings is 2. The lowest BCUT2D eigenvalue weighted by atomic mass is 10.0. The number of likely N-dealkylation sites (N-methyl/N-ethyl adjacent to an activating group) is 1. The van der Waals surface area contributed by atoms with Crippen LogP contribution < -0.4 is 16.0 Å². The number of rotatable bonds is 9. The normalized spacial score (nSPS) is 14.3. The number of nitrogens with zero attached hydrogens (tertiary/aromatic N) is 5. The van der Waals surface area contributed by atoms with E-state index in [1.807, 2.05) is 7.05 Å². The van der Waals surface area contributed by atoms with Crippen molar-refractivity contribution >= 4 is 35.1 Å². The number of esters is 1. The fourth-order valence-electron chi connectivity index (χ4n) is 4.33. The second kappa shape index (κ2) is 13.9. The van der Waals surface area contributed by atoms with E-state index in [0.717, 1.165) is 26.2 Å². The van der Waals surface area contributed by atoms with Gasteiger partial charge in [-0.15, -0.1) is 11.3 Å². The Balaban J connectivity index is 1.71. The van der Waals surface area contributed by atoms with Crippen molar-refractivity contribution in [3.63, 3.8) is 0 Å². The van der Waals surface area contributed by atoms with Crippen LogP contribution >= 0.6 is 11.3 Å². The van der Waals surface area contributed by atoms with Crippen LogP contribution in [-0.4, -0.2) is 103 Å². The number of urea groups is 1. The number of carbonyl (C=O) groups excluding carboxylic acids is 3. The van der Waals surface area contributed by atoms with Crippen molar-refractivity contribution in [3.05, 3.63) is 46.9 Å². The van der Waals surface area contributed by atoms with Gasteiger partial charge in [-0.3, -0.25) is 20.0 Å². The van der Waals surface area contributed by atoms with E-state index in [-0.39, 0.29) is 34.1 Å². The fraction of sp³-hybridized carbons (Fsp3) is 0.407. The molecule has 16 heteroatoms. The molecule has 1 aliphatic rings. The number of thiazole rings is 1. The van der Waals surface area contributed by atoms with Gasteiger partial charge in [0, 0.05) is 81.1 Å². The summed E-state index contributed by atoms with van der Waals surface area (Å²) in [7, 11) is 3.22. The minimum atomic E-state index is -4.92. The molecular formula is C27H31F3N8O4S. The summed E-state index contributed by atoms with van der Waals surface area (Å²) in [5, 5.41) is 7.52. The third-order valence-electron chi connectivity index (χ3n) is 6.60. The number of methoxy groups -OCH3 is 1. The van der Waals surface area contributed by atoms with E-state index in [2.05, 4.69) is 40.7 Å². The lowest BCUT2D eigenvalue weighted by molar-refractivity contribution is -0.141. The Labute approximate surface area is 249 Å². The molecule has 4 rings (SSSR count). The maximum Gasteiger partial charge on any atom is 0.435 e. The number of amides is 3. The van der Waals surface area contributed by atoms with Crippen LogP contribution in [0, 0.1) is 0 Å². The monoisotopic (exact) mass is 620 g/mol. The Hall–Kier alpha value is -4.15. The van der Waals surface area contributed by atoms with Crippen molar-refractivity contribution in [2.24, 2.45) is 0 Å². The molecule has 0 atom stereocenters. The molecule has 3 amide bonds. The van der Waals surface area contributed by atoms with Gasteiger partial charge in [-0.25, -0.2) is 19.6 Å². The van der Waals surface area contributed by atoms with Crippen molar-refractivity contribution in [2.75, 3.05) is 65.3 Å². The predicted octanol–water partition coefficient (Wildman–Crippen LogP) is 3.19. The molecule has 0 unspecified atom stereocenters. The minimum Gasteiger partial charge on any atom is -0.465 e. The number of halogens is 3. The molecule has 0 spiro atoms. The van der Waals surface area contributed by atoms with E-state index in [1.54, 1.807) is 6.92 Å². The average Bonchev–Trinajstić information content (AvgIpc) is 3.44. The Bertz CT molecular complexity index is 1470. The van der Waals surface area contributed by atoms with Gasteiger partial charge in [0.05, 0.1) is 12.7 Å². The third-order valence-corrected chi connectivity index (χ3v) is 7.68. The standard InChI is InChI=1S/C27H31F3N8O4S/c1-4-32-26(41)35-20-12-18(19(15-34-20)16-11-17(14-31-13-16)25(40)42-3)24-36-22(27(28,29)30)21(43-24)23(39)33-5-6-38-9-7-37(2)8-10-38/h11-15H,4-10H2,1-3H3,(H,33,39)(H2,32,34,35,41). The summed E-state index contributed by atoms with van der Waals surface area (Å²) >= 11 is 0.564. The largest absolute Gasteiger partial charge is 0.465 e. The molecule has 3 N–H and O–H groups in total. The first kappa shape index (κ1) is 31.8. The van der Waals surface area contributed by atoms with Gasteiger partial charge in [-0.2, -0.15) is 13.2 Å². The summed E-state index contributed by atoms with van der Waals surface area (Å²) in [6.07, 6.45) is -0.919. The Kier molecular flexibility index (Phi) is 10.3. The molecule has 0 aromatic carbocycles. The Morgan fingerprint density at radius 2 is 1.79 bits per heavy atom. The lowest BCUT2D eigenvalue weighted by Crippen LogP contribution is -2.46. The number of anilines is 1. The molecule has 3 aromatic heterocycles. The summed E-state index contributed by atoms with van der Waals surface area (Å²) in [5.41, 5.74) is -0.489.